The summed E-state index contributed by atoms with van der Waals surface area (Å²) in [6.07, 6.45) is 0.907. The summed E-state index contributed by atoms with van der Waals surface area (Å²) in [5, 5.41) is 15.0. The van der Waals surface area contributed by atoms with Crippen LogP contribution in [0.25, 0.3) is 0 Å². The lowest BCUT2D eigenvalue weighted by atomic mass is 10.3. The highest BCUT2D eigenvalue weighted by atomic mass is 79.9. The minimum absolute atomic E-state index is 0.123. The van der Waals surface area contributed by atoms with Crippen LogP contribution in [-0.2, 0) is 9.53 Å². The Labute approximate surface area is 112 Å². The van der Waals surface area contributed by atoms with Crippen LogP contribution in [0.2, 0.25) is 0 Å². The zero-order valence-corrected chi connectivity index (χ0v) is 11.2. The van der Waals surface area contributed by atoms with Crippen LogP contribution in [0.4, 0.5) is 5.69 Å². The number of nitrogens with zero attached hydrogens (tertiary/aromatic N) is 2. The summed E-state index contributed by atoms with van der Waals surface area (Å²) in [4.78, 5) is 11.4. The highest BCUT2D eigenvalue weighted by Gasteiger charge is 2.10. The van der Waals surface area contributed by atoms with E-state index in [2.05, 4.69) is 31.6 Å². The summed E-state index contributed by atoms with van der Waals surface area (Å²) in [7, 11) is 0. The number of carbonyl (C=O) groups excluding carboxylic acids is 1. The fourth-order valence-electron chi connectivity index (χ4n) is 1.04. The van der Waals surface area contributed by atoms with E-state index in [-0.39, 0.29) is 12.3 Å². The van der Waals surface area contributed by atoms with Crippen molar-refractivity contribution >= 4 is 39.5 Å². The third kappa shape index (κ3) is 4.54. The molecule has 1 aromatic carbocycles. The number of nitrogens with one attached hydrogen (secondary N) is 1. The van der Waals surface area contributed by atoms with Gasteiger partial charge in [-0.25, -0.2) is 4.79 Å². The van der Waals surface area contributed by atoms with Gasteiger partial charge in [-0.05, 0) is 31.2 Å². The van der Waals surface area contributed by atoms with E-state index in [1.54, 1.807) is 19.1 Å². The fraction of sp³-hybridized carbons (Fsp3) is 0.182. The van der Waals surface area contributed by atoms with Gasteiger partial charge in [-0.3, -0.25) is 5.43 Å². The molecule has 0 aliphatic carbocycles. The first-order chi connectivity index (χ1) is 8.67. The van der Waals surface area contributed by atoms with Crippen molar-refractivity contribution in [3.8, 4) is 0 Å². The second kappa shape index (κ2) is 7.44. The Balaban J connectivity index is 2.77. The molecule has 0 unspecified atom stereocenters. The predicted octanol–water partition coefficient (Wildman–Crippen LogP) is 2.24. The number of ether oxygens (including phenoxy) is 1. The van der Waals surface area contributed by atoms with Crippen molar-refractivity contribution in [2.75, 3.05) is 12.0 Å². The molecular weight excluding hydrogens is 302 g/mol. The highest BCUT2D eigenvalue weighted by Crippen LogP contribution is 2.13. The number of esters is 1. The molecule has 1 rings (SSSR count). The van der Waals surface area contributed by atoms with E-state index in [0.717, 1.165) is 10.7 Å². The minimum Gasteiger partial charge on any atom is -0.461 e. The van der Waals surface area contributed by atoms with Crippen LogP contribution in [-0.4, -0.2) is 29.7 Å². The first kappa shape index (κ1) is 14.2. The van der Waals surface area contributed by atoms with Gasteiger partial charge < -0.3 is 9.94 Å². The number of hydrogen-bond donors (Lipinski definition) is 2. The van der Waals surface area contributed by atoms with E-state index in [9.17, 15) is 4.79 Å². The molecule has 0 fully saturated rings. The van der Waals surface area contributed by atoms with Gasteiger partial charge in [0.05, 0.1) is 12.3 Å². The number of rotatable bonds is 5. The molecule has 1 aromatic rings. The zero-order chi connectivity index (χ0) is 13.4. The zero-order valence-electron chi connectivity index (χ0n) is 9.63. The molecule has 0 aliphatic rings. The van der Waals surface area contributed by atoms with Gasteiger partial charge in [0, 0.05) is 4.47 Å². The number of hydrogen-bond acceptors (Lipinski definition) is 6. The van der Waals surface area contributed by atoms with E-state index in [4.69, 9.17) is 9.94 Å². The molecule has 96 valence electrons. The van der Waals surface area contributed by atoms with Crippen LogP contribution in [0.1, 0.15) is 6.92 Å². The molecule has 0 aromatic heterocycles. The standard InChI is InChI=1S/C11H12BrN3O3/c1-2-18-11(16)10(7-13-17)15-14-9-5-3-8(12)4-6-9/h3-7,14,17H,2H2,1H3/b13-7+,15-10+. The number of halogens is 1. The molecule has 0 bridgehead atoms. The Morgan fingerprint density at radius 3 is 2.72 bits per heavy atom. The maximum Gasteiger partial charge on any atom is 0.360 e. The molecule has 0 amide bonds. The van der Waals surface area contributed by atoms with Crippen molar-refractivity contribution in [1.82, 2.24) is 0 Å². The molecular formula is C11H12BrN3O3. The van der Waals surface area contributed by atoms with Gasteiger partial charge in [0.2, 0.25) is 0 Å². The second-order valence-corrected chi connectivity index (χ2v) is 4.00. The first-order valence-electron chi connectivity index (χ1n) is 5.11. The van der Waals surface area contributed by atoms with Crippen molar-refractivity contribution in [1.29, 1.82) is 0 Å². The molecule has 0 spiro atoms. The quantitative estimate of drug-likeness (QED) is 0.378. The fourth-order valence-corrected chi connectivity index (χ4v) is 1.30. The van der Waals surface area contributed by atoms with Gasteiger partial charge in [-0.2, -0.15) is 5.10 Å². The molecule has 0 saturated heterocycles. The Morgan fingerprint density at radius 1 is 1.50 bits per heavy atom. The van der Waals surface area contributed by atoms with E-state index < -0.39 is 5.97 Å². The molecule has 7 heteroatoms. The first-order valence-corrected chi connectivity index (χ1v) is 5.90. The summed E-state index contributed by atoms with van der Waals surface area (Å²) < 4.78 is 5.67. The molecule has 0 atom stereocenters. The van der Waals surface area contributed by atoms with E-state index in [0.29, 0.717) is 5.69 Å². The summed E-state index contributed by atoms with van der Waals surface area (Å²) in [6.45, 7) is 1.89. The number of carbonyl (C=O) groups is 1. The van der Waals surface area contributed by atoms with Gasteiger partial charge in [0.1, 0.15) is 6.21 Å². The Hall–Kier alpha value is -1.89. The third-order valence-corrected chi connectivity index (χ3v) is 2.34. The number of oxime groups is 1. The summed E-state index contributed by atoms with van der Waals surface area (Å²) in [5.74, 6) is -0.667. The van der Waals surface area contributed by atoms with Gasteiger partial charge in [0.15, 0.2) is 5.71 Å². The molecule has 18 heavy (non-hydrogen) atoms. The SMILES string of the molecule is CCOC(=O)C(/C=N/O)=N/Nc1ccc(Br)cc1. The maximum absolute atomic E-state index is 11.4. The van der Waals surface area contributed by atoms with Crippen LogP contribution in [0, 0.1) is 0 Å². The number of anilines is 1. The van der Waals surface area contributed by atoms with Crippen LogP contribution < -0.4 is 5.43 Å². The molecule has 0 saturated carbocycles. The lowest BCUT2D eigenvalue weighted by Gasteiger charge is -2.03. The number of benzene rings is 1. The monoisotopic (exact) mass is 313 g/mol. The van der Waals surface area contributed by atoms with Crippen molar-refractivity contribution in [2.45, 2.75) is 6.92 Å². The normalized spacial score (nSPS) is 11.6. The Bertz CT molecular complexity index is 457. The topological polar surface area (TPSA) is 83.3 Å². The lowest BCUT2D eigenvalue weighted by molar-refractivity contribution is -0.134. The van der Waals surface area contributed by atoms with Crippen LogP contribution in [0.15, 0.2) is 39.0 Å². The average molecular weight is 314 g/mol. The van der Waals surface area contributed by atoms with Gasteiger partial charge in [-0.15, -0.1) is 0 Å². The van der Waals surface area contributed by atoms with Crippen LogP contribution in [0.3, 0.4) is 0 Å². The smallest absolute Gasteiger partial charge is 0.360 e. The molecule has 0 aliphatic heterocycles. The molecule has 0 radical (unpaired) electrons. The summed E-state index contributed by atoms with van der Waals surface area (Å²) in [6, 6.07) is 7.18. The maximum atomic E-state index is 11.4. The average Bonchev–Trinajstić information content (AvgIpc) is 2.36. The second-order valence-electron chi connectivity index (χ2n) is 3.08. The lowest BCUT2D eigenvalue weighted by Crippen LogP contribution is -2.20. The minimum atomic E-state index is -0.667. The molecule has 6 nitrogen and oxygen atoms in total. The van der Waals surface area contributed by atoms with Gasteiger partial charge in [0.25, 0.3) is 0 Å². The van der Waals surface area contributed by atoms with E-state index in [1.807, 2.05) is 12.1 Å². The van der Waals surface area contributed by atoms with Crippen LogP contribution >= 0.6 is 15.9 Å². The van der Waals surface area contributed by atoms with Gasteiger partial charge in [-0.1, -0.05) is 21.1 Å². The summed E-state index contributed by atoms with van der Waals surface area (Å²) >= 11 is 3.30. The van der Waals surface area contributed by atoms with Crippen molar-refractivity contribution in [3.05, 3.63) is 28.7 Å². The molecule has 0 heterocycles. The van der Waals surface area contributed by atoms with Gasteiger partial charge >= 0.3 is 5.97 Å². The highest BCUT2D eigenvalue weighted by molar-refractivity contribution is 9.10. The largest absolute Gasteiger partial charge is 0.461 e. The number of hydrazone groups is 1. The van der Waals surface area contributed by atoms with E-state index in [1.165, 1.54) is 0 Å². The van der Waals surface area contributed by atoms with Crippen LogP contribution in [0.5, 0.6) is 0 Å². The molecule has 2 N–H and O–H groups in total. The Morgan fingerprint density at radius 2 is 2.17 bits per heavy atom. The summed E-state index contributed by atoms with van der Waals surface area (Å²) in [5.41, 5.74) is 3.22. The van der Waals surface area contributed by atoms with Crippen molar-refractivity contribution in [3.63, 3.8) is 0 Å². The van der Waals surface area contributed by atoms with Crippen molar-refractivity contribution in [2.24, 2.45) is 10.3 Å². The van der Waals surface area contributed by atoms with Crippen molar-refractivity contribution < 1.29 is 14.7 Å². The van der Waals surface area contributed by atoms with E-state index >= 15 is 0 Å². The third-order valence-electron chi connectivity index (χ3n) is 1.81. The predicted molar refractivity (Wildman–Crippen MR) is 72.1 cm³/mol. The Kier molecular flexibility index (Phi) is 5.86.